The van der Waals surface area contributed by atoms with Crippen LogP contribution in [0.4, 0.5) is 5.69 Å². The van der Waals surface area contributed by atoms with Gasteiger partial charge in [-0.05, 0) is 53.0 Å². The zero-order chi connectivity index (χ0) is 25.8. The number of benzene rings is 2. The standard InChI is InChI=1S/C28H41N3O3S/c1-7-22(6)23-11-13-24(14-12-23)35(33,34)31-17-15-30(16-18-31)19-27(32)29-28-25(20(2)3)9-8-10-26(28)21(4)5/h8-14,20-22H,7,15-19H2,1-6H3,(H,29,32)/t22-/m1/s1. The van der Waals surface area contributed by atoms with Crippen LogP contribution in [-0.4, -0.2) is 56.3 Å². The summed E-state index contributed by atoms with van der Waals surface area (Å²) in [5.41, 5.74) is 4.35. The van der Waals surface area contributed by atoms with Gasteiger partial charge in [-0.15, -0.1) is 0 Å². The van der Waals surface area contributed by atoms with Crippen LogP contribution >= 0.6 is 0 Å². The van der Waals surface area contributed by atoms with E-state index in [1.54, 1.807) is 12.1 Å². The number of carbonyl (C=O) groups excluding carboxylic acids is 1. The lowest BCUT2D eigenvalue weighted by molar-refractivity contribution is -0.117. The molecule has 35 heavy (non-hydrogen) atoms. The van der Waals surface area contributed by atoms with Gasteiger partial charge >= 0.3 is 0 Å². The van der Waals surface area contributed by atoms with Gasteiger partial charge in [-0.25, -0.2) is 8.42 Å². The van der Waals surface area contributed by atoms with Crippen LogP contribution in [0.5, 0.6) is 0 Å². The molecule has 1 heterocycles. The fraction of sp³-hybridized carbons (Fsp3) is 0.536. The zero-order valence-electron chi connectivity index (χ0n) is 22.0. The Morgan fingerprint density at radius 1 is 0.886 bits per heavy atom. The molecule has 1 aliphatic heterocycles. The molecule has 2 aromatic carbocycles. The van der Waals surface area contributed by atoms with Gasteiger partial charge in [-0.2, -0.15) is 4.31 Å². The lowest BCUT2D eigenvalue weighted by atomic mass is 9.92. The first kappa shape index (κ1) is 27.4. The molecule has 1 aliphatic rings. The highest BCUT2D eigenvalue weighted by Crippen LogP contribution is 2.32. The molecule has 0 aliphatic carbocycles. The number of carbonyl (C=O) groups is 1. The maximum absolute atomic E-state index is 13.1. The van der Waals surface area contributed by atoms with Gasteiger partial charge in [0.1, 0.15) is 0 Å². The van der Waals surface area contributed by atoms with Gasteiger partial charge in [0.15, 0.2) is 0 Å². The maximum atomic E-state index is 13.1. The molecule has 0 radical (unpaired) electrons. The molecule has 0 aromatic heterocycles. The van der Waals surface area contributed by atoms with E-state index in [0.717, 1.165) is 28.8 Å². The van der Waals surface area contributed by atoms with E-state index in [0.29, 0.717) is 48.8 Å². The average molecular weight is 500 g/mol. The Bertz CT molecular complexity index is 1080. The van der Waals surface area contributed by atoms with Gasteiger partial charge in [-0.3, -0.25) is 9.69 Å². The van der Waals surface area contributed by atoms with Gasteiger partial charge in [0.2, 0.25) is 15.9 Å². The van der Waals surface area contributed by atoms with Gasteiger partial charge in [0, 0.05) is 31.9 Å². The van der Waals surface area contributed by atoms with E-state index >= 15 is 0 Å². The number of nitrogens with zero attached hydrogens (tertiary/aromatic N) is 2. The zero-order valence-corrected chi connectivity index (χ0v) is 22.9. The second-order valence-electron chi connectivity index (χ2n) is 10.2. The molecule has 1 N–H and O–H groups in total. The van der Waals surface area contributed by atoms with Crippen molar-refractivity contribution in [2.75, 3.05) is 38.0 Å². The number of anilines is 1. The van der Waals surface area contributed by atoms with Crippen LogP contribution in [-0.2, 0) is 14.8 Å². The molecule has 0 spiro atoms. The Kier molecular flexibility index (Phi) is 9.13. The Morgan fingerprint density at radius 3 is 1.91 bits per heavy atom. The van der Waals surface area contributed by atoms with Crippen molar-refractivity contribution in [2.24, 2.45) is 0 Å². The molecule has 1 amide bonds. The van der Waals surface area contributed by atoms with Gasteiger partial charge in [-0.1, -0.05) is 71.9 Å². The minimum Gasteiger partial charge on any atom is -0.324 e. The molecule has 1 atom stereocenters. The Labute approximate surface area is 211 Å². The first-order valence-corrected chi connectivity index (χ1v) is 14.2. The number of sulfonamides is 1. The fourth-order valence-electron chi connectivity index (χ4n) is 4.56. The summed E-state index contributed by atoms with van der Waals surface area (Å²) in [4.78, 5) is 15.3. The number of hydrogen-bond donors (Lipinski definition) is 1. The van der Waals surface area contributed by atoms with Crippen LogP contribution in [0, 0.1) is 0 Å². The number of hydrogen-bond acceptors (Lipinski definition) is 4. The predicted molar refractivity (Wildman–Crippen MR) is 144 cm³/mol. The van der Waals surface area contributed by atoms with E-state index in [1.807, 2.05) is 17.0 Å². The summed E-state index contributed by atoms with van der Waals surface area (Å²) in [6.45, 7) is 14.9. The third-order valence-corrected chi connectivity index (χ3v) is 8.95. The summed E-state index contributed by atoms with van der Waals surface area (Å²) >= 11 is 0. The molecule has 192 valence electrons. The van der Waals surface area contributed by atoms with E-state index < -0.39 is 10.0 Å². The molecular formula is C28H41N3O3S. The molecule has 0 saturated carbocycles. The normalized spacial score (nSPS) is 16.6. The number of rotatable bonds is 9. The maximum Gasteiger partial charge on any atom is 0.243 e. The van der Waals surface area contributed by atoms with Crippen molar-refractivity contribution in [3.8, 4) is 0 Å². The molecule has 6 nitrogen and oxygen atoms in total. The third kappa shape index (κ3) is 6.51. The third-order valence-electron chi connectivity index (χ3n) is 7.04. The summed E-state index contributed by atoms with van der Waals surface area (Å²) in [5.74, 6) is 0.955. The first-order valence-electron chi connectivity index (χ1n) is 12.8. The second-order valence-corrected chi connectivity index (χ2v) is 12.2. The van der Waals surface area contributed by atoms with Crippen LogP contribution in [0.1, 0.15) is 82.4 Å². The molecule has 7 heteroatoms. The summed E-state index contributed by atoms with van der Waals surface area (Å²) in [7, 11) is -3.54. The minimum absolute atomic E-state index is 0.0584. The molecule has 0 unspecified atom stereocenters. The lowest BCUT2D eigenvalue weighted by Crippen LogP contribution is -2.50. The SMILES string of the molecule is CC[C@@H](C)c1ccc(S(=O)(=O)N2CCN(CC(=O)Nc3c(C(C)C)cccc3C(C)C)CC2)cc1. The Balaban J connectivity index is 1.61. The molecule has 1 saturated heterocycles. The second kappa shape index (κ2) is 11.7. The summed E-state index contributed by atoms with van der Waals surface area (Å²) in [6, 6.07) is 13.5. The van der Waals surface area contributed by atoms with Crippen LogP contribution in [0.15, 0.2) is 47.4 Å². The van der Waals surface area contributed by atoms with E-state index in [2.05, 4.69) is 65.1 Å². The Morgan fingerprint density at radius 2 is 1.43 bits per heavy atom. The molecule has 2 aromatic rings. The van der Waals surface area contributed by atoms with E-state index in [-0.39, 0.29) is 12.5 Å². The highest BCUT2D eigenvalue weighted by molar-refractivity contribution is 7.89. The quantitative estimate of drug-likeness (QED) is 0.502. The van der Waals surface area contributed by atoms with Crippen LogP contribution < -0.4 is 5.32 Å². The van der Waals surface area contributed by atoms with E-state index in [4.69, 9.17) is 0 Å². The number of para-hydroxylation sites is 1. The van der Waals surface area contributed by atoms with Crippen LogP contribution in [0.3, 0.4) is 0 Å². The molecule has 1 fully saturated rings. The van der Waals surface area contributed by atoms with Crippen molar-refractivity contribution in [1.29, 1.82) is 0 Å². The van der Waals surface area contributed by atoms with Crippen molar-refractivity contribution in [1.82, 2.24) is 9.21 Å². The van der Waals surface area contributed by atoms with Crippen LogP contribution in [0.25, 0.3) is 0 Å². The predicted octanol–water partition coefficient (Wildman–Crippen LogP) is 5.39. The van der Waals surface area contributed by atoms with Gasteiger partial charge in [0.05, 0.1) is 11.4 Å². The highest BCUT2D eigenvalue weighted by Gasteiger charge is 2.29. The minimum atomic E-state index is -3.54. The number of piperazine rings is 1. The molecule has 3 rings (SSSR count). The highest BCUT2D eigenvalue weighted by atomic mass is 32.2. The van der Waals surface area contributed by atoms with Gasteiger partial charge < -0.3 is 5.32 Å². The fourth-order valence-corrected chi connectivity index (χ4v) is 5.98. The summed E-state index contributed by atoms with van der Waals surface area (Å²) in [5, 5.41) is 3.16. The van der Waals surface area contributed by atoms with Crippen LogP contribution in [0.2, 0.25) is 0 Å². The average Bonchev–Trinajstić information content (AvgIpc) is 2.83. The largest absolute Gasteiger partial charge is 0.324 e. The smallest absolute Gasteiger partial charge is 0.243 e. The number of amides is 1. The Hall–Kier alpha value is -2.22. The van der Waals surface area contributed by atoms with E-state index in [1.165, 1.54) is 4.31 Å². The van der Waals surface area contributed by atoms with Crippen molar-refractivity contribution >= 4 is 21.6 Å². The summed E-state index contributed by atoms with van der Waals surface area (Å²) in [6.07, 6.45) is 1.02. The van der Waals surface area contributed by atoms with Crippen molar-refractivity contribution in [2.45, 2.75) is 70.6 Å². The first-order chi connectivity index (χ1) is 16.5. The van der Waals surface area contributed by atoms with Gasteiger partial charge in [0.25, 0.3) is 0 Å². The summed E-state index contributed by atoms with van der Waals surface area (Å²) < 4.78 is 27.8. The van der Waals surface area contributed by atoms with E-state index in [9.17, 15) is 13.2 Å². The topological polar surface area (TPSA) is 69.7 Å². The monoisotopic (exact) mass is 499 g/mol. The van der Waals surface area contributed by atoms with Crippen molar-refractivity contribution in [3.05, 3.63) is 59.2 Å². The van der Waals surface area contributed by atoms with Crippen molar-refractivity contribution < 1.29 is 13.2 Å². The molecule has 0 bridgehead atoms. The molecular weight excluding hydrogens is 458 g/mol. The lowest BCUT2D eigenvalue weighted by Gasteiger charge is -2.33. The van der Waals surface area contributed by atoms with Crippen molar-refractivity contribution in [3.63, 3.8) is 0 Å². The number of nitrogens with one attached hydrogen (secondary N) is 1.